The van der Waals surface area contributed by atoms with Gasteiger partial charge in [-0.3, -0.25) is 9.59 Å². The number of likely N-dealkylation sites (tertiary alicyclic amines) is 1. The molecule has 5 heteroatoms. The van der Waals surface area contributed by atoms with Crippen molar-refractivity contribution >= 4 is 23.6 Å². The Balaban J connectivity index is 1.79. The van der Waals surface area contributed by atoms with Crippen LogP contribution in [0.4, 0.5) is 0 Å². The molecule has 0 bridgehead atoms. The number of amides is 1. The van der Waals surface area contributed by atoms with E-state index in [1.807, 2.05) is 30.0 Å². The first kappa shape index (κ1) is 15.9. The molecule has 0 aromatic heterocycles. The summed E-state index contributed by atoms with van der Waals surface area (Å²) in [5, 5.41) is 8.88. The number of hydrogen-bond donors (Lipinski definition) is 1. The molecule has 1 atom stereocenters. The molecule has 1 heterocycles. The maximum atomic E-state index is 12.4. The summed E-state index contributed by atoms with van der Waals surface area (Å²) in [7, 11) is 0. The van der Waals surface area contributed by atoms with Crippen molar-refractivity contribution in [3.8, 4) is 0 Å². The first-order valence-electron chi connectivity index (χ1n) is 7.25. The molecule has 1 aliphatic heterocycles. The highest BCUT2D eigenvalue weighted by molar-refractivity contribution is 7.99. The van der Waals surface area contributed by atoms with E-state index in [0.29, 0.717) is 25.9 Å². The number of rotatable bonds is 5. The molecule has 1 aliphatic rings. The molecule has 1 saturated heterocycles. The SMILES string of the molecule is CC(SCc1ccccc1)C(=O)N1CCC(C(=O)O)CC1. The van der Waals surface area contributed by atoms with Gasteiger partial charge in [0.1, 0.15) is 0 Å². The standard InChI is InChI=1S/C16H21NO3S/c1-12(21-11-13-5-3-2-4-6-13)15(18)17-9-7-14(8-10-17)16(19)20/h2-6,12,14H,7-11H2,1H3,(H,19,20). The Hall–Kier alpha value is -1.49. The molecule has 0 saturated carbocycles. The van der Waals surface area contributed by atoms with E-state index >= 15 is 0 Å². The van der Waals surface area contributed by atoms with Crippen LogP contribution in [0, 0.1) is 5.92 Å². The number of thioether (sulfide) groups is 1. The summed E-state index contributed by atoms with van der Waals surface area (Å²) in [6.45, 7) is 3.05. The van der Waals surface area contributed by atoms with Crippen LogP contribution in [0.15, 0.2) is 30.3 Å². The Morgan fingerprint density at radius 3 is 2.48 bits per heavy atom. The number of carbonyl (C=O) groups excluding carboxylic acids is 1. The van der Waals surface area contributed by atoms with Crippen LogP contribution >= 0.6 is 11.8 Å². The van der Waals surface area contributed by atoms with E-state index in [9.17, 15) is 9.59 Å². The molecule has 1 amide bonds. The van der Waals surface area contributed by atoms with Crippen molar-refractivity contribution in [1.29, 1.82) is 0 Å². The smallest absolute Gasteiger partial charge is 0.306 e. The summed E-state index contributed by atoms with van der Waals surface area (Å²) in [6, 6.07) is 10.1. The molecule has 1 N–H and O–H groups in total. The van der Waals surface area contributed by atoms with E-state index in [2.05, 4.69) is 12.1 Å². The zero-order valence-electron chi connectivity index (χ0n) is 12.2. The van der Waals surface area contributed by atoms with E-state index in [1.54, 1.807) is 11.8 Å². The first-order valence-corrected chi connectivity index (χ1v) is 8.30. The monoisotopic (exact) mass is 307 g/mol. The summed E-state index contributed by atoms with van der Waals surface area (Å²) in [6.07, 6.45) is 1.13. The summed E-state index contributed by atoms with van der Waals surface area (Å²) in [5.74, 6) is -0.0889. The second-order valence-electron chi connectivity index (χ2n) is 5.38. The molecule has 1 fully saturated rings. The van der Waals surface area contributed by atoms with E-state index in [-0.39, 0.29) is 17.1 Å². The average molecular weight is 307 g/mol. The predicted octanol–water partition coefficient (Wildman–Crippen LogP) is 2.63. The second kappa shape index (κ2) is 7.50. The molecule has 0 aliphatic carbocycles. The third kappa shape index (κ3) is 4.49. The first-order chi connectivity index (χ1) is 10.1. The predicted molar refractivity (Wildman–Crippen MR) is 84.1 cm³/mol. The normalized spacial score (nSPS) is 17.5. The van der Waals surface area contributed by atoms with Gasteiger partial charge < -0.3 is 10.0 Å². The summed E-state index contributed by atoms with van der Waals surface area (Å²) in [4.78, 5) is 25.1. The molecule has 114 valence electrons. The Bertz CT molecular complexity index is 484. The summed E-state index contributed by atoms with van der Waals surface area (Å²) >= 11 is 1.63. The molecule has 1 aromatic carbocycles. The van der Waals surface area contributed by atoms with Crippen LogP contribution in [-0.4, -0.2) is 40.2 Å². The molecule has 1 unspecified atom stereocenters. The molecule has 21 heavy (non-hydrogen) atoms. The lowest BCUT2D eigenvalue weighted by atomic mass is 9.97. The fraction of sp³-hybridized carbons (Fsp3) is 0.500. The van der Waals surface area contributed by atoms with Crippen LogP contribution in [-0.2, 0) is 15.3 Å². The molecule has 2 rings (SSSR count). The molecule has 4 nitrogen and oxygen atoms in total. The zero-order valence-corrected chi connectivity index (χ0v) is 13.0. The number of carboxylic acid groups (broad SMARTS) is 1. The van der Waals surface area contributed by atoms with Gasteiger partial charge in [-0.1, -0.05) is 30.3 Å². The number of hydrogen-bond acceptors (Lipinski definition) is 3. The van der Waals surface area contributed by atoms with Gasteiger partial charge in [-0.2, -0.15) is 0 Å². The van der Waals surface area contributed by atoms with E-state index in [4.69, 9.17) is 5.11 Å². The molecule has 1 aromatic rings. The molecular formula is C16H21NO3S. The molecule has 0 radical (unpaired) electrons. The second-order valence-corrected chi connectivity index (χ2v) is 6.71. The van der Waals surface area contributed by atoms with Crippen LogP contribution in [0.2, 0.25) is 0 Å². The number of aliphatic carboxylic acids is 1. The van der Waals surface area contributed by atoms with Crippen molar-refractivity contribution < 1.29 is 14.7 Å². The number of piperidine rings is 1. The summed E-state index contributed by atoms with van der Waals surface area (Å²) in [5.41, 5.74) is 1.21. The highest BCUT2D eigenvalue weighted by Crippen LogP contribution is 2.23. The van der Waals surface area contributed by atoms with Gasteiger partial charge in [-0.25, -0.2) is 0 Å². The van der Waals surface area contributed by atoms with E-state index in [0.717, 1.165) is 5.75 Å². The summed E-state index contributed by atoms with van der Waals surface area (Å²) < 4.78 is 0. The van der Waals surface area contributed by atoms with Crippen molar-refractivity contribution in [1.82, 2.24) is 4.90 Å². The van der Waals surface area contributed by atoms with Gasteiger partial charge in [-0.15, -0.1) is 11.8 Å². The maximum absolute atomic E-state index is 12.4. The third-order valence-electron chi connectivity index (χ3n) is 3.85. The largest absolute Gasteiger partial charge is 0.481 e. The third-order valence-corrected chi connectivity index (χ3v) is 5.05. The maximum Gasteiger partial charge on any atom is 0.306 e. The Morgan fingerprint density at radius 2 is 1.90 bits per heavy atom. The van der Waals surface area contributed by atoms with E-state index in [1.165, 1.54) is 5.56 Å². The van der Waals surface area contributed by atoms with Gasteiger partial charge in [0.25, 0.3) is 0 Å². The topological polar surface area (TPSA) is 57.6 Å². The van der Waals surface area contributed by atoms with Gasteiger partial charge in [0.15, 0.2) is 0 Å². The minimum absolute atomic E-state index is 0.0911. The number of nitrogens with zero attached hydrogens (tertiary/aromatic N) is 1. The van der Waals surface area contributed by atoms with Gasteiger partial charge in [0, 0.05) is 18.8 Å². The van der Waals surface area contributed by atoms with E-state index < -0.39 is 5.97 Å². The highest BCUT2D eigenvalue weighted by atomic mass is 32.2. The van der Waals surface area contributed by atoms with Crippen molar-refractivity contribution in [2.24, 2.45) is 5.92 Å². The fourth-order valence-electron chi connectivity index (χ4n) is 2.47. The van der Waals surface area contributed by atoms with Crippen LogP contribution in [0.25, 0.3) is 0 Å². The van der Waals surface area contributed by atoms with Crippen LogP contribution in [0.5, 0.6) is 0 Å². The Morgan fingerprint density at radius 1 is 1.29 bits per heavy atom. The van der Waals surface area contributed by atoms with Crippen molar-refractivity contribution in [3.05, 3.63) is 35.9 Å². The number of carbonyl (C=O) groups is 2. The molecule has 0 spiro atoms. The van der Waals surface area contributed by atoms with Gasteiger partial charge in [-0.05, 0) is 25.3 Å². The average Bonchev–Trinajstić information content (AvgIpc) is 2.53. The van der Waals surface area contributed by atoms with Crippen LogP contribution in [0.3, 0.4) is 0 Å². The zero-order chi connectivity index (χ0) is 15.2. The van der Waals surface area contributed by atoms with Crippen molar-refractivity contribution in [3.63, 3.8) is 0 Å². The fourth-order valence-corrected chi connectivity index (χ4v) is 3.40. The van der Waals surface area contributed by atoms with Gasteiger partial charge >= 0.3 is 5.97 Å². The Labute approximate surface area is 129 Å². The van der Waals surface area contributed by atoms with Crippen LogP contribution in [0.1, 0.15) is 25.3 Å². The Kier molecular flexibility index (Phi) is 5.67. The lowest BCUT2D eigenvalue weighted by molar-refractivity contribution is -0.145. The van der Waals surface area contributed by atoms with Crippen molar-refractivity contribution in [2.75, 3.05) is 13.1 Å². The van der Waals surface area contributed by atoms with Gasteiger partial charge in [0.2, 0.25) is 5.91 Å². The number of carboxylic acids is 1. The van der Waals surface area contributed by atoms with Crippen LogP contribution < -0.4 is 0 Å². The van der Waals surface area contributed by atoms with Gasteiger partial charge in [0.05, 0.1) is 11.2 Å². The molecular weight excluding hydrogens is 286 g/mol. The quantitative estimate of drug-likeness (QED) is 0.908. The van der Waals surface area contributed by atoms with Crippen molar-refractivity contribution in [2.45, 2.75) is 30.8 Å². The minimum Gasteiger partial charge on any atom is -0.481 e. The minimum atomic E-state index is -0.742. The lowest BCUT2D eigenvalue weighted by Crippen LogP contribution is -2.43. The highest BCUT2D eigenvalue weighted by Gasteiger charge is 2.29. The lowest BCUT2D eigenvalue weighted by Gasteiger charge is -2.31. The number of benzene rings is 1.